The fourth-order valence-corrected chi connectivity index (χ4v) is 4.43. The monoisotopic (exact) mass is 354 g/mol. The molecular weight excluding hydrogens is 328 g/mol. The molecule has 0 saturated carbocycles. The molecule has 0 aromatic heterocycles. The zero-order chi connectivity index (χ0) is 19.1. The van der Waals surface area contributed by atoms with E-state index in [1.807, 2.05) is 30.3 Å². The van der Waals surface area contributed by atoms with Gasteiger partial charge in [-0.2, -0.15) is 0 Å². The van der Waals surface area contributed by atoms with Crippen molar-refractivity contribution in [3.8, 4) is 0 Å². The second kappa shape index (κ2) is 6.83. The molecule has 136 valence electrons. The predicted octanol–water partition coefficient (Wildman–Crippen LogP) is 6.68. The van der Waals surface area contributed by atoms with E-state index in [-0.39, 0.29) is 0 Å². The average Bonchev–Trinajstić information content (AvgIpc) is 2.90. The number of fused-ring (bicyclic) bond motifs is 1. The average molecular weight is 354 g/mol. The molecule has 1 heteroatoms. The summed E-state index contributed by atoms with van der Waals surface area (Å²) in [5, 5.41) is 13.7. The minimum Gasteiger partial charge on any atom is -0.384 e. The number of aliphatic hydroxyl groups is 1. The molecule has 1 aliphatic carbocycles. The summed E-state index contributed by atoms with van der Waals surface area (Å²) < 4.78 is 0. The Kier molecular flexibility index (Phi) is 4.49. The lowest BCUT2D eigenvalue weighted by atomic mass is 9.83. The first-order valence-corrected chi connectivity index (χ1v) is 9.64. The van der Waals surface area contributed by atoms with Crippen molar-refractivity contribution >= 4 is 16.3 Å². The van der Waals surface area contributed by atoms with E-state index < -0.39 is 6.10 Å². The summed E-state index contributed by atoms with van der Waals surface area (Å²) in [6.45, 7) is 8.93. The molecule has 0 radical (unpaired) electrons. The lowest BCUT2D eigenvalue weighted by Gasteiger charge is -2.23. The largest absolute Gasteiger partial charge is 0.384 e. The van der Waals surface area contributed by atoms with Crippen LogP contribution in [-0.2, 0) is 0 Å². The molecule has 1 nitrogen and oxygen atoms in total. The molecular formula is C26H26O. The molecule has 2 atom stereocenters. The van der Waals surface area contributed by atoms with Crippen LogP contribution in [0.1, 0.15) is 50.5 Å². The van der Waals surface area contributed by atoms with Crippen molar-refractivity contribution in [2.75, 3.05) is 0 Å². The molecule has 1 N–H and O–H groups in total. The molecule has 0 bridgehead atoms. The van der Waals surface area contributed by atoms with Crippen LogP contribution in [0.4, 0.5) is 0 Å². The molecule has 2 unspecified atom stereocenters. The third kappa shape index (κ3) is 2.83. The second-order valence-corrected chi connectivity index (χ2v) is 7.63. The van der Waals surface area contributed by atoms with Gasteiger partial charge >= 0.3 is 0 Å². The van der Waals surface area contributed by atoms with Crippen molar-refractivity contribution in [2.24, 2.45) is 5.92 Å². The van der Waals surface area contributed by atoms with Gasteiger partial charge in [-0.25, -0.2) is 0 Å². The standard InChI is InChI=1S/C26H26O/c1-16-17(2)19(4)24(18(16)3)23-15-14-20-10-8-9-13-22(20)25(23)26(27)21-11-6-5-7-12-21/h5-15,18,26-27H,1-4H3. The predicted molar refractivity (Wildman–Crippen MR) is 115 cm³/mol. The van der Waals surface area contributed by atoms with E-state index in [0.717, 1.165) is 21.9 Å². The lowest BCUT2D eigenvalue weighted by molar-refractivity contribution is 0.221. The third-order valence-electron chi connectivity index (χ3n) is 6.29. The van der Waals surface area contributed by atoms with E-state index in [2.05, 4.69) is 64.1 Å². The number of rotatable bonds is 3. The Bertz CT molecular complexity index is 1070. The van der Waals surface area contributed by atoms with Gasteiger partial charge in [0, 0.05) is 11.5 Å². The van der Waals surface area contributed by atoms with Crippen molar-refractivity contribution in [1.29, 1.82) is 0 Å². The Morgan fingerprint density at radius 2 is 1.44 bits per heavy atom. The van der Waals surface area contributed by atoms with Gasteiger partial charge in [-0.15, -0.1) is 0 Å². The number of hydrogen-bond donors (Lipinski definition) is 1. The molecule has 0 aliphatic heterocycles. The van der Waals surface area contributed by atoms with Crippen LogP contribution in [0, 0.1) is 5.92 Å². The fourth-order valence-electron chi connectivity index (χ4n) is 4.43. The first-order chi connectivity index (χ1) is 13.0. The highest BCUT2D eigenvalue weighted by molar-refractivity contribution is 5.93. The molecule has 0 amide bonds. The van der Waals surface area contributed by atoms with Gasteiger partial charge in [0.15, 0.2) is 0 Å². The molecule has 27 heavy (non-hydrogen) atoms. The van der Waals surface area contributed by atoms with Gasteiger partial charge in [0.2, 0.25) is 0 Å². The number of allylic oxidation sites excluding steroid dienone is 4. The van der Waals surface area contributed by atoms with Gasteiger partial charge in [-0.1, -0.05) is 79.2 Å². The molecule has 0 saturated heterocycles. The number of hydrogen-bond acceptors (Lipinski definition) is 1. The van der Waals surface area contributed by atoms with Crippen molar-refractivity contribution in [1.82, 2.24) is 0 Å². The minimum atomic E-state index is -0.652. The van der Waals surface area contributed by atoms with Gasteiger partial charge in [0.05, 0.1) is 0 Å². The van der Waals surface area contributed by atoms with Gasteiger partial charge in [0.1, 0.15) is 6.10 Å². The normalized spacial score (nSPS) is 18.5. The van der Waals surface area contributed by atoms with Crippen LogP contribution in [0.2, 0.25) is 0 Å². The maximum atomic E-state index is 11.4. The molecule has 1 aliphatic rings. The van der Waals surface area contributed by atoms with Crippen molar-refractivity contribution in [2.45, 2.75) is 33.8 Å². The molecule has 3 aromatic carbocycles. The molecule has 4 rings (SSSR count). The fraction of sp³-hybridized carbons (Fsp3) is 0.231. The molecule has 0 fully saturated rings. The van der Waals surface area contributed by atoms with E-state index in [9.17, 15) is 5.11 Å². The van der Waals surface area contributed by atoms with E-state index >= 15 is 0 Å². The molecule has 0 spiro atoms. The Morgan fingerprint density at radius 3 is 2.11 bits per heavy atom. The zero-order valence-electron chi connectivity index (χ0n) is 16.5. The lowest BCUT2D eigenvalue weighted by Crippen LogP contribution is -2.07. The summed E-state index contributed by atoms with van der Waals surface area (Å²) in [7, 11) is 0. The van der Waals surface area contributed by atoms with Crippen LogP contribution >= 0.6 is 0 Å². The van der Waals surface area contributed by atoms with Gasteiger partial charge in [-0.3, -0.25) is 0 Å². The molecule has 3 aromatic rings. The summed E-state index contributed by atoms with van der Waals surface area (Å²) >= 11 is 0. The zero-order valence-corrected chi connectivity index (χ0v) is 16.5. The van der Waals surface area contributed by atoms with Gasteiger partial charge in [0.25, 0.3) is 0 Å². The van der Waals surface area contributed by atoms with E-state index in [0.29, 0.717) is 5.92 Å². The summed E-state index contributed by atoms with van der Waals surface area (Å²) in [4.78, 5) is 0. The Balaban J connectivity index is 2.01. The quantitative estimate of drug-likeness (QED) is 0.556. The topological polar surface area (TPSA) is 20.2 Å². The minimum absolute atomic E-state index is 0.368. The summed E-state index contributed by atoms with van der Waals surface area (Å²) in [6, 6.07) is 22.7. The van der Waals surface area contributed by atoms with E-state index in [4.69, 9.17) is 0 Å². The smallest absolute Gasteiger partial charge is 0.105 e. The first-order valence-electron chi connectivity index (χ1n) is 9.64. The number of benzene rings is 3. The van der Waals surface area contributed by atoms with Crippen LogP contribution in [-0.4, -0.2) is 5.11 Å². The summed E-state index contributed by atoms with van der Waals surface area (Å²) in [6.07, 6.45) is -0.652. The SMILES string of the molecule is CC1=C(C)C(C)C(c2ccc3ccccc3c2C(O)c2ccccc2)=C1C. The Morgan fingerprint density at radius 1 is 0.778 bits per heavy atom. The maximum absolute atomic E-state index is 11.4. The van der Waals surface area contributed by atoms with Crippen molar-refractivity contribution in [3.63, 3.8) is 0 Å². The van der Waals surface area contributed by atoms with Gasteiger partial charge in [-0.05, 0) is 59.4 Å². The maximum Gasteiger partial charge on any atom is 0.105 e. The summed E-state index contributed by atoms with van der Waals surface area (Å²) in [5.41, 5.74) is 8.62. The van der Waals surface area contributed by atoms with Crippen molar-refractivity contribution in [3.05, 3.63) is 100 Å². The highest BCUT2D eigenvalue weighted by Gasteiger charge is 2.28. The molecule has 0 heterocycles. The highest BCUT2D eigenvalue weighted by Crippen LogP contribution is 2.46. The van der Waals surface area contributed by atoms with Crippen LogP contribution in [0.25, 0.3) is 16.3 Å². The van der Waals surface area contributed by atoms with Gasteiger partial charge < -0.3 is 5.11 Å². The number of aliphatic hydroxyl groups excluding tert-OH is 1. The summed E-state index contributed by atoms with van der Waals surface area (Å²) in [5.74, 6) is 0.368. The van der Waals surface area contributed by atoms with Crippen molar-refractivity contribution < 1.29 is 5.11 Å². The van der Waals surface area contributed by atoms with Crippen LogP contribution in [0.15, 0.2) is 83.4 Å². The van der Waals surface area contributed by atoms with E-state index in [1.54, 1.807) is 0 Å². The Hall–Kier alpha value is -2.64. The van der Waals surface area contributed by atoms with Crippen LogP contribution in [0.3, 0.4) is 0 Å². The first kappa shape index (κ1) is 17.8. The van der Waals surface area contributed by atoms with Crippen LogP contribution in [0.5, 0.6) is 0 Å². The Labute approximate surface area is 161 Å². The van der Waals surface area contributed by atoms with Crippen LogP contribution < -0.4 is 0 Å². The highest BCUT2D eigenvalue weighted by atomic mass is 16.3. The second-order valence-electron chi connectivity index (χ2n) is 7.63. The third-order valence-corrected chi connectivity index (χ3v) is 6.29. The van der Waals surface area contributed by atoms with E-state index in [1.165, 1.54) is 27.9 Å².